The lowest BCUT2D eigenvalue weighted by Crippen LogP contribution is -2.08. The van der Waals surface area contributed by atoms with E-state index in [0.717, 1.165) is 5.56 Å². The van der Waals surface area contributed by atoms with E-state index in [2.05, 4.69) is 36.0 Å². The van der Waals surface area contributed by atoms with E-state index in [1.165, 1.54) is 4.68 Å². The minimum Gasteiger partial charge on any atom is -0.401 e. The number of aryl methyl sites for hydroxylation is 1. The summed E-state index contributed by atoms with van der Waals surface area (Å²) in [6.45, 7) is 1.83. The fraction of sp³-hybridized carbons (Fsp3) is 0.0625. The van der Waals surface area contributed by atoms with E-state index in [-0.39, 0.29) is 5.89 Å². The van der Waals surface area contributed by atoms with Crippen molar-refractivity contribution in [2.75, 3.05) is 0 Å². The van der Waals surface area contributed by atoms with Crippen molar-refractivity contribution in [3.63, 3.8) is 0 Å². The molecule has 4 aromatic rings. The van der Waals surface area contributed by atoms with Crippen molar-refractivity contribution in [3.8, 4) is 17.5 Å². The molecule has 124 valence electrons. The van der Waals surface area contributed by atoms with Gasteiger partial charge in [-0.1, -0.05) is 11.6 Å². The molecule has 0 saturated heterocycles. The summed E-state index contributed by atoms with van der Waals surface area (Å²) in [5, 5.41) is 5.07. The van der Waals surface area contributed by atoms with E-state index in [0.29, 0.717) is 32.2 Å². The largest absolute Gasteiger partial charge is 0.401 e. The normalized spacial score (nSPS) is 11.2. The van der Waals surface area contributed by atoms with E-state index in [9.17, 15) is 4.79 Å². The highest BCUT2D eigenvalue weighted by Crippen LogP contribution is 2.26. The molecule has 3 aromatic heterocycles. The Morgan fingerprint density at radius 2 is 1.96 bits per heavy atom. The predicted octanol–water partition coefficient (Wildman–Crippen LogP) is 3.56. The van der Waals surface area contributed by atoms with E-state index in [4.69, 9.17) is 16.0 Å². The predicted molar refractivity (Wildman–Crippen MR) is 95.9 cm³/mol. The molecule has 0 spiro atoms. The summed E-state index contributed by atoms with van der Waals surface area (Å²) in [7, 11) is 0. The Labute approximate surface area is 154 Å². The fourth-order valence-corrected chi connectivity index (χ4v) is 3.12. The number of rotatable bonds is 2. The van der Waals surface area contributed by atoms with Gasteiger partial charge in [0.15, 0.2) is 0 Å². The third-order valence-electron chi connectivity index (χ3n) is 3.53. The van der Waals surface area contributed by atoms with Gasteiger partial charge in [-0.3, -0.25) is 0 Å². The molecule has 4 rings (SSSR count). The third kappa shape index (κ3) is 2.83. The van der Waals surface area contributed by atoms with Crippen LogP contribution in [0.2, 0.25) is 5.02 Å². The summed E-state index contributed by atoms with van der Waals surface area (Å²) in [4.78, 5) is 25.2. The van der Waals surface area contributed by atoms with Gasteiger partial charge in [0.25, 0.3) is 5.95 Å². The summed E-state index contributed by atoms with van der Waals surface area (Å²) in [5.41, 5.74) is 1.22. The van der Waals surface area contributed by atoms with E-state index in [1.54, 1.807) is 36.7 Å². The maximum Gasteiger partial charge on any atom is 0.347 e. The molecule has 1 aromatic carbocycles. The molecule has 0 atom stereocenters. The van der Waals surface area contributed by atoms with Gasteiger partial charge < -0.3 is 4.42 Å². The summed E-state index contributed by atoms with van der Waals surface area (Å²) < 4.78 is 7.38. The Bertz CT molecular complexity index is 1160. The van der Waals surface area contributed by atoms with E-state index in [1.807, 2.05) is 6.92 Å². The molecule has 0 amide bonds. The number of benzene rings is 1. The first kappa shape index (κ1) is 15.9. The lowest BCUT2D eigenvalue weighted by Gasteiger charge is -2.06. The van der Waals surface area contributed by atoms with Crippen molar-refractivity contribution in [1.82, 2.24) is 24.7 Å². The van der Waals surface area contributed by atoms with Crippen LogP contribution in [-0.4, -0.2) is 24.7 Å². The van der Waals surface area contributed by atoms with E-state index < -0.39 is 5.63 Å². The molecular formula is C16H9BrClN5O2. The van der Waals surface area contributed by atoms with Crippen LogP contribution in [0.25, 0.3) is 28.4 Å². The topological polar surface area (TPSA) is 86.7 Å². The minimum atomic E-state index is -0.525. The Morgan fingerprint density at radius 1 is 1.20 bits per heavy atom. The Kier molecular flexibility index (Phi) is 3.85. The van der Waals surface area contributed by atoms with Gasteiger partial charge in [-0.25, -0.2) is 19.7 Å². The quantitative estimate of drug-likeness (QED) is 0.495. The van der Waals surface area contributed by atoms with Crippen molar-refractivity contribution in [1.29, 1.82) is 0 Å². The van der Waals surface area contributed by atoms with Crippen LogP contribution >= 0.6 is 27.5 Å². The molecule has 0 bridgehead atoms. The molecule has 0 aliphatic rings. The highest BCUT2D eigenvalue weighted by atomic mass is 79.9. The Morgan fingerprint density at radius 3 is 2.72 bits per heavy atom. The van der Waals surface area contributed by atoms with Crippen LogP contribution in [0, 0.1) is 6.92 Å². The summed E-state index contributed by atoms with van der Waals surface area (Å²) in [6.07, 6.45) is 3.19. The van der Waals surface area contributed by atoms with Gasteiger partial charge in [-0.05, 0) is 46.6 Å². The van der Waals surface area contributed by atoms with Gasteiger partial charge in [0.05, 0.1) is 10.9 Å². The van der Waals surface area contributed by atoms with Crippen molar-refractivity contribution >= 4 is 38.4 Å². The summed E-state index contributed by atoms with van der Waals surface area (Å²) >= 11 is 9.33. The molecule has 9 heteroatoms. The van der Waals surface area contributed by atoms with Crippen LogP contribution in [0.4, 0.5) is 0 Å². The molecule has 25 heavy (non-hydrogen) atoms. The van der Waals surface area contributed by atoms with Crippen LogP contribution < -0.4 is 5.63 Å². The summed E-state index contributed by atoms with van der Waals surface area (Å²) in [5.74, 6) is 0.453. The van der Waals surface area contributed by atoms with Crippen molar-refractivity contribution in [2.24, 2.45) is 0 Å². The first-order valence-electron chi connectivity index (χ1n) is 7.17. The first-order chi connectivity index (χ1) is 12.0. The zero-order valence-corrected chi connectivity index (χ0v) is 15.1. The molecule has 3 heterocycles. The van der Waals surface area contributed by atoms with Crippen LogP contribution in [-0.2, 0) is 0 Å². The number of aromatic nitrogens is 5. The van der Waals surface area contributed by atoms with Gasteiger partial charge in [-0.15, -0.1) is 0 Å². The highest BCUT2D eigenvalue weighted by molar-refractivity contribution is 9.10. The second-order valence-electron chi connectivity index (χ2n) is 5.24. The Hall–Kier alpha value is -2.58. The monoisotopic (exact) mass is 417 g/mol. The maximum absolute atomic E-state index is 12.4. The average molecular weight is 419 g/mol. The molecule has 0 radical (unpaired) electrons. The molecule has 0 N–H and O–H groups in total. The molecule has 7 nitrogen and oxygen atoms in total. The molecule has 0 aliphatic heterocycles. The lowest BCUT2D eigenvalue weighted by molar-refractivity contribution is 0.513. The van der Waals surface area contributed by atoms with Gasteiger partial charge in [0.2, 0.25) is 5.89 Å². The van der Waals surface area contributed by atoms with Gasteiger partial charge in [0, 0.05) is 23.5 Å². The Balaban J connectivity index is 1.99. The second kappa shape index (κ2) is 6.05. The number of nitrogens with zero attached hydrogens (tertiary/aromatic N) is 5. The molecular weight excluding hydrogens is 410 g/mol. The van der Waals surface area contributed by atoms with Crippen LogP contribution in [0.1, 0.15) is 5.56 Å². The SMILES string of the molecule is Cc1cc(Cl)cc2c(=O)oc(-c3cc(Br)nn3-c3ncccn3)nc12. The van der Waals surface area contributed by atoms with Crippen LogP contribution in [0.3, 0.4) is 0 Å². The molecule has 0 aliphatic carbocycles. The number of hydrogen-bond acceptors (Lipinski definition) is 6. The first-order valence-corrected chi connectivity index (χ1v) is 8.34. The number of fused-ring (bicyclic) bond motifs is 1. The maximum atomic E-state index is 12.4. The van der Waals surface area contributed by atoms with Crippen LogP contribution in [0.15, 0.2) is 50.5 Å². The highest BCUT2D eigenvalue weighted by Gasteiger charge is 2.18. The lowest BCUT2D eigenvalue weighted by atomic mass is 10.1. The number of halogens is 2. The molecule has 0 fully saturated rings. The average Bonchev–Trinajstić information content (AvgIpc) is 2.98. The summed E-state index contributed by atoms with van der Waals surface area (Å²) in [6, 6.07) is 6.66. The standard InChI is InChI=1S/C16H9BrClN5O2/c1-8-5-9(18)6-10-13(8)21-14(25-15(10)24)11-7-12(17)22-23(11)16-19-3-2-4-20-16/h2-7H,1H3. The third-order valence-corrected chi connectivity index (χ3v) is 4.13. The van der Waals surface area contributed by atoms with Gasteiger partial charge in [0.1, 0.15) is 10.3 Å². The van der Waals surface area contributed by atoms with Gasteiger partial charge in [-0.2, -0.15) is 9.78 Å². The van der Waals surface area contributed by atoms with Crippen molar-refractivity contribution in [3.05, 3.63) is 62.3 Å². The second-order valence-corrected chi connectivity index (χ2v) is 6.49. The minimum absolute atomic E-state index is 0.119. The van der Waals surface area contributed by atoms with Crippen molar-refractivity contribution in [2.45, 2.75) is 6.92 Å². The van der Waals surface area contributed by atoms with E-state index >= 15 is 0 Å². The zero-order chi connectivity index (χ0) is 17.6. The van der Waals surface area contributed by atoms with Crippen LogP contribution in [0.5, 0.6) is 0 Å². The van der Waals surface area contributed by atoms with Gasteiger partial charge >= 0.3 is 5.63 Å². The fourth-order valence-electron chi connectivity index (χ4n) is 2.47. The molecule has 0 saturated carbocycles. The number of hydrogen-bond donors (Lipinski definition) is 0. The van der Waals surface area contributed by atoms with Crippen molar-refractivity contribution < 1.29 is 4.42 Å². The zero-order valence-electron chi connectivity index (χ0n) is 12.8. The molecule has 0 unspecified atom stereocenters. The smallest absolute Gasteiger partial charge is 0.347 e.